The van der Waals surface area contributed by atoms with Gasteiger partial charge in [0.15, 0.2) is 0 Å². The van der Waals surface area contributed by atoms with Crippen molar-refractivity contribution in [1.29, 1.82) is 0 Å². The van der Waals surface area contributed by atoms with E-state index in [1.54, 1.807) is 0 Å². The van der Waals surface area contributed by atoms with Gasteiger partial charge in [-0.05, 0) is 28.2 Å². The average Bonchev–Trinajstić information content (AvgIpc) is 2.14. The molecule has 0 saturated heterocycles. The number of nitrogens with two attached hydrogens (primary N) is 1. The SMILES string of the molecule is NCc1cnc(C(F)F)c(C(F)(F)F)c1I. The fraction of sp³-hybridized carbons (Fsp3) is 0.375. The second kappa shape index (κ2) is 4.78. The second-order valence-electron chi connectivity index (χ2n) is 2.86. The van der Waals surface area contributed by atoms with Crippen molar-refractivity contribution in [3.05, 3.63) is 26.6 Å². The fourth-order valence-electron chi connectivity index (χ4n) is 1.12. The zero-order chi connectivity index (χ0) is 12.5. The lowest BCUT2D eigenvalue weighted by Crippen LogP contribution is -2.16. The number of rotatable bonds is 2. The zero-order valence-electron chi connectivity index (χ0n) is 7.65. The Morgan fingerprint density at radius 2 is 1.94 bits per heavy atom. The van der Waals surface area contributed by atoms with E-state index in [2.05, 4.69) is 4.98 Å². The molecule has 0 aliphatic carbocycles. The van der Waals surface area contributed by atoms with Crippen LogP contribution in [-0.4, -0.2) is 4.98 Å². The molecule has 2 nitrogen and oxygen atoms in total. The first-order chi connectivity index (χ1) is 7.29. The number of hydrogen-bond acceptors (Lipinski definition) is 2. The minimum Gasteiger partial charge on any atom is -0.326 e. The van der Waals surface area contributed by atoms with Crippen LogP contribution in [0.1, 0.15) is 23.2 Å². The highest BCUT2D eigenvalue weighted by Crippen LogP contribution is 2.39. The van der Waals surface area contributed by atoms with Crippen molar-refractivity contribution < 1.29 is 22.0 Å². The molecule has 1 rings (SSSR count). The number of nitrogens with zero attached hydrogens (tertiary/aromatic N) is 1. The van der Waals surface area contributed by atoms with Crippen molar-refractivity contribution in [2.45, 2.75) is 19.1 Å². The number of hydrogen-bond donors (Lipinski definition) is 1. The van der Waals surface area contributed by atoms with Crippen molar-refractivity contribution in [2.75, 3.05) is 0 Å². The van der Waals surface area contributed by atoms with Crippen molar-refractivity contribution in [3.8, 4) is 0 Å². The summed E-state index contributed by atoms with van der Waals surface area (Å²) in [7, 11) is 0. The summed E-state index contributed by atoms with van der Waals surface area (Å²) in [5.74, 6) is 0. The van der Waals surface area contributed by atoms with Gasteiger partial charge in [-0.25, -0.2) is 8.78 Å². The van der Waals surface area contributed by atoms with E-state index < -0.39 is 23.9 Å². The number of halogens is 6. The van der Waals surface area contributed by atoms with E-state index in [-0.39, 0.29) is 15.7 Å². The van der Waals surface area contributed by atoms with Crippen LogP contribution in [0.3, 0.4) is 0 Å². The minimum atomic E-state index is -4.86. The largest absolute Gasteiger partial charge is 0.419 e. The number of pyridine rings is 1. The molecule has 90 valence electrons. The molecule has 0 saturated carbocycles. The molecular formula is C8H6F5IN2. The highest BCUT2D eigenvalue weighted by Gasteiger charge is 2.39. The highest BCUT2D eigenvalue weighted by molar-refractivity contribution is 14.1. The maximum absolute atomic E-state index is 12.6. The Bertz CT molecular complexity index is 391. The quantitative estimate of drug-likeness (QED) is 0.656. The third kappa shape index (κ3) is 2.59. The molecule has 2 N–H and O–H groups in total. The third-order valence-electron chi connectivity index (χ3n) is 1.83. The molecule has 0 aliphatic heterocycles. The highest BCUT2D eigenvalue weighted by atomic mass is 127. The van der Waals surface area contributed by atoms with Gasteiger partial charge in [-0.3, -0.25) is 4.98 Å². The predicted octanol–water partition coefficient (Wildman–Crippen LogP) is 3.10. The van der Waals surface area contributed by atoms with E-state index in [1.165, 1.54) is 22.6 Å². The van der Waals surface area contributed by atoms with Crippen LogP contribution in [0.15, 0.2) is 6.20 Å². The Balaban J connectivity index is 3.50. The summed E-state index contributed by atoms with van der Waals surface area (Å²) >= 11 is 1.35. The molecular weight excluding hydrogens is 346 g/mol. The minimum absolute atomic E-state index is 0.0947. The second-order valence-corrected chi connectivity index (χ2v) is 3.94. The van der Waals surface area contributed by atoms with Gasteiger partial charge in [0.25, 0.3) is 6.43 Å². The van der Waals surface area contributed by atoms with Crippen LogP contribution in [0.5, 0.6) is 0 Å². The van der Waals surface area contributed by atoms with Crippen LogP contribution in [0, 0.1) is 3.57 Å². The molecule has 0 atom stereocenters. The van der Waals surface area contributed by atoms with Crippen molar-refractivity contribution in [3.63, 3.8) is 0 Å². The first kappa shape index (κ1) is 13.6. The summed E-state index contributed by atoms with van der Waals surface area (Å²) in [5.41, 5.74) is 2.63. The summed E-state index contributed by atoms with van der Waals surface area (Å²) in [4.78, 5) is 3.12. The van der Waals surface area contributed by atoms with Gasteiger partial charge in [-0.1, -0.05) is 0 Å². The van der Waals surface area contributed by atoms with E-state index >= 15 is 0 Å². The monoisotopic (exact) mass is 352 g/mol. The molecule has 0 aliphatic rings. The Hall–Kier alpha value is -0.510. The average molecular weight is 352 g/mol. The van der Waals surface area contributed by atoms with E-state index in [9.17, 15) is 22.0 Å². The van der Waals surface area contributed by atoms with Crippen molar-refractivity contribution in [2.24, 2.45) is 5.73 Å². The first-order valence-electron chi connectivity index (χ1n) is 4.01. The van der Waals surface area contributed by atoms with Crippen molar-refractivity contribution in [1.82, 2.24) is 4.98 Å². The Morgan fingerprint density at radius 3 is 2.31 bits per heavy atom. The Morgan fingerprint density at radius 1 is 1.38 bits per heavy atom. The van der Waals surface area contributed by atoms with E-state index in [0.717, 1.165) is 6.20 Å². The maximum atomic E-state index is 12.6. The van der Waals surface area contributed by atoms with Gasteiger partial charge in [-0.2, -0.15) is 13.2 Å². The summed E-state index contributed by atoms with van der Waals surface area (Å²) in [6.45, 7) is -0.183. The smallest absolute Gasteiger partial charge is 0.326 e. The standard InChI is InChI=1S/C8H6F5IN2/c9-7(10)6-4(8(11,12)13)5(14)3(1-15)2-16-6/h2,7H,1,15H2. The van der Waals surface area contributed by atoms with Gasteiger partial charge >= 0.3 is 6.18 Å². The van der Waals surface area contributed by atoms with E-state index in [0.29, 0.717) is 0 Å². The van der Waals surface area contributed by atoms with Crippen LogP contribution in [0.25, 0.3) is 0 Å². The molecule has 1 aromatic rings. The number of aromatic nitrogens is 1. The molecule has 0 fully saturated rings. The van der Waals surface area contributed by atoms with E-state index in [4.69, 9.17) is 5.73 Å². The van der Waals surface area contributed by atoms with Crippen LogP contribution in [0.2, 0.25) is 0 Å². The lowest BCUT2D eigenvalue weighted by molar-refractivity contribution is -0.140. The summed E-state index contributed by atoms with van der Waals surface area (Å²) in [6.07, 6.45) is -7.18. The summed E-state index contributed by atoms with van der Waals surface area (Å²) < 4.78 is 62.1. The molecule has 0 amide bonds. The van der Waals surface area contributed by atoms with Crippen molar-refractivity contribution >= 4 is 22.6 Å². The lowest BCUT2D eigenvalue weighted by Gasteiger charge is -2.15. The molecule has 0 spiro atoms. The molecule has 16 heavy (non-hydrogen) atoms. The summed E-state index contributed by atoms with van der Waals surface area (Å²) in [6, 6.07) is 0. The number of alkyl halides is 5. The van der Waals surface area contributed by atoms with Crippen LogP contribution >= 0.6 is 22.6 Å². The van der Waals surface area contributed by atoms with Gasteiger partial charge < -0.3 is 5.73 Å². The van der Waals surface area contributed by atoms with E-state index in [1.807, 2.05) is 0 Å². The van der Waals surface area contributed by atoms with Gasteiger partial charge in [0.1, 0.15) is 5.69 Å². The van der Waals surface area contributed by atoms with Gasteiger partial charge in [-0.15, -0.1) is 0 Å². The zero-order valence-corrected chi connectivity index (χ0v) is 9.81. The van der Waals surface area contributed by atoms with Crippen LogP contribution < -0.4 is 5.73 Å². The van der Waals surface area contributed by atoms with Gasteiger partial charge in [0, 0.05) is 16.3 Å². The third-order valence-corrected chi connectivity index (χ3v) is 3.06. The first-order valence-corrected chi connectivity index (χ1v) is 5.09. The Kier molecular flexibility index (Phi) is 4.05. The molecule has 0 radical (unpaired) electrons. The van der Waals surface area contributed by atoms with Gasteiger partial charge in [0.2, 0.25) is 0 Å². The molecule has 0 bridgehead atoms. The molecule has 0 aromatic carbocycles. The molecule has 8 heteroatoms. The fourth-order valence-corrected chi connectivity index (χ4v) is 2.06. The van der Waals surface area contributed by atoms with Gasteiger partial charge in [0.05, 0.1) is 5.56 Å². The molecule has 0 unspecified atom stereocenters. The lowest BCUT2D eigenvalue weighted by atomic mass is 10.1. The predicted molar refractivity (Wildman–Crippen MR) is 54.8 cm³/mol. The van der Waals surface area contributed by atoms with Crippen LogP contribution in [0.4, 0.5) is 22.0 Å². The van der Waals surface area contributed by atoms with Crippen LogP contribution in [-0.2, 0) is 12.7 Å². The normalized spacial score (nSPS) is 12.2. The molecule has 1 aromatic heterocycles. The summed E-state index contributed by atoms with van der Waals surface area (Å²) in [5, 5.41) is 0. The maximum Gasteiger partial charge on any atom is 0.419 e. The topological polar surface area (TPSA) is 38.9 Å². The Labute approximate surface area is 101 Å². The molecule has 1 heterocycles.